The molecule has 2 aromatic rings. The van der Waals surface area contributed by atoms with Crippen molar-refractivity contribution in [2.45, 2.75) is 0 Å². The molecule has 0 aromatic heterocycles. The van der Waals surface area contributed by atoms with Crippen LogP contribution in [-0.2, 0) is 0 Å². The van der Waals surface area contributed by atoms with Crippen LogP contribution in [0.4, 0.5) is 10.1 Å². The zero-order chi connectivity index (χ0) is 13.8. The fourth-order valence-electron chi connectivity index (χ4n) is 1.56. The highest BCUT2D eigenvalue weighted by Crippen LogP contribution is 2.15. The van der Waals surface area contributed by atoms with E-state index in [0.29, 0.717) is 5.56 Å². The van der Waals surface area contributed by atoms with Crippen LogP contribution in [0.15, 0.2) is 48.5 Å². The minimum atomic E-state index is -1.35. The summed E-state index contributed by atoms with van der Waals surface area (Å²) in [6, 6.07) is 11.9. The molecule has 0 saturated heterocycles. The molecule has 0 aliphatic heterocycles. The summed E-state index contributed by atoms with van der Waals surface area (Å²) in [4.78, 5) is 22.4. The molecule has 4 nitrogen and oxygen atoms in total. The summed E-state index contributed by atoms with van der Waals surface area (Å²) in [5.41, 5.74) is 0.208. The van der Waals surface area contributed by atoms with Crippen molar-refractivity contribution in [2.24, 2.45) is 0 Å². The number of anilines is 1. The number of halogens is 1. The predicted molar refractivity (Wildman–Crippen MR) is 67.8 cm³/mol. The first kappa shape index (κ1) is 12.8. The average molecular weight is 259 g/mol. The number of aromatic carboxylic acids is 1. The summed E-state index contributed by atoms with van der Waals surface area (Å²) in [6.07, 6.45) is 0. The Morgan fingerprint density at radius 3 is 2.32 bits per heavy atom. The van der Waals surface area contributed by atoms with Crippen molar-refractivity contribution in [3.63, 3.8) is 0 Å². The third kappa shape index (κ3) is 2.95. The predicted octanol–water partition coefficient (Wildman–Crippen LogP) is 2.78. The van der Waals surface area contributed by atoms with Crippen LogP contribution in [-0.4, -0.2) is 17.0 Å². The Hall–Kier alpha value is -2.69. The Morgan fingerprint density at radius 1 is 1.05 bits per heavy atom. The van der Waals surface area contributed by atoms with Crippen molar-refractivity contribution in [1.82, 2.24) is 0 Å². The van der Waals surface area contributed by atoms with Gasteiger partial charge in [0.25, 0.3) is 5.91 Å². The molecule has 19 heavy (non-hydrogen) atoms. The lowest BCUT2D eigenvalue weighted by Gasteiger charge is -2.06. The highest BCUT2D eigenvalue weighted by Gasteiger charge is 2.12. The van der Waals surface area contributed by atoms with Gasteiger partial charge in [0.2, 0.25) is 0 Å². The number of hydrogen-bond donors (Lipinski definition) is 2. The van der Waals surface area contributed by atoms with Gasteiger partial charge in [-0.15, -0.1) is 0 Å². The lowest BCUT2D eigenvalue weighted by molar-refractivity contribution is 0.0692. The normalized spacial score (nSPS) is 9.95. The number of carboxylic acids is 1. The molecule has 0 aliphatic carbocycles. The van der Waals surface area contributed by atoms with Crippen LogP contribution >= 0.6 is 0 Å². The number of benzene rings is 2. The molecule has 0 heterocycles. The van der Waals surface area contributed by atoms with Crippen molar-refractivity contribution in [3.8, 4) is 0 Å². The van der Waals surface area contributed by atoms with E-state index in [1.165, 1.54) is 6.07 Å². The number of nitrogens with one attached hydrogen (secondary N) is 1. The highest BCUT2D eigenvalue weighted by molar-refractivity contribution is 6.04. The highest BCUT2D eigenvalue weighted by atomic mass is 19.1. The number of carboxylic acid groups (broad SMARTS) is 1. The second-order valence-corrected chi connectivity index (χ2v) is 3.82. The number of carbonyl (C=O) groups is 2. The van der Waals surface area contributed by atoms with Crippen LogP contribution < -0.4 is 5.32 Å². The summed E-state index contributed by atoms with van der Waals surface area (Å²) < 4.78 is 13.4. The van der Waals surface area contributed by atoms with Crippen LogP contribution in [0.25, 0.3) is 0 Å². The van der Waals surface area contributed by atoms with Gasteiger partial charge in [0.05, 0.1) is 5.56 Å². The van der Waals surface area contributed by atoms with Gasteiger partial charge in [-0.05, 0) is 30.3 Å². The molecule has 0 atom stereocenters. The van der Waals surface area contributed by atoms with E-state index in [1.54, 1.807) is 30.3 Å². The number of amides is 1. The first-order valence-corrected chi connectivity index (χ1v) is 5.47. The number of rotatable bonds is 3. The van der Waals surface area contributed by atoms with Crippen molar-refractivity contribution < 1.29 is 19.1 Å². The second kappa shape index (κ2) is 5.30. The van der Waals surface area contributed by atoms with E-state index in [0.717, 1.165) is 12.1 Å². The van der Waals surface area contributed by atoms with Gasteiger partial charge in [-0.3, -0.25) is 4.79 Å². The van der Waals surface area contributed by atoms with Gasteiger partial charge in [-0.2, -0.15) is 0 Å². The maximum absolute atomic E-state index is 13.4. The summed E-state index contributed by atoms with van der Waals surface area (Å²) in [5.74, 6) is -2.63. The molecule has 2 aromatic carbocycles. The smallest absolute Gasteiger partial charge is 0.338 e. The fraction of sp³-hybridized carbons (Fsp3) is 0. The molecule has 2 rings (SSSR count). The quantitative estimate of drug-likeness (QED) is 0.890. The fourth-order valence-corrected chi connectivity index (χ4v) is 1.56. The van der Waals surface area contributed by atoms with E-state index < -0.39 is 17.3 Å². The molecule has 0 spiro atoms. The van der Waals surface area contributed by atoms with Crippen LogP contribution in [0.5, 0.6) is 0 Å². The molecule has 0 aliphatic rings. The van der Waals surface area contributed by atoms with Crippen LogP contribution in [0.3, 0.4) is 0 Å². The molecular formula is C14H10FNO3. The van der Waals surface area contributed by atoms with Gasteiger partial charge in [-0.25, -0.2) is 9.18 Å². The van der Waals surface area contributed by atoms with Crippen molar-refractivity contribution in [2.75, 3.05) is 5.32 Å². The Bertz CT molecular complexity index is 626. The van der Waals surface area contributed by atoms with Crippen LogP contribution in [0, 0.1) is 5.82 Å². The SMILES string of the molecule is O=C(Nc1ccc(C(=O)O)c(F)c1)c1ccccc1. The molecule has 0 radical (unpaired) electrons. The Morgan fingerprint density at radius 2 is 1.74 bits per heavy atom. The topological polar surface area (TPSA) is 66.4 Å². The molecule has 0 unspecified atom stereocenters. The Kier molecular flexibility index (Phi) is 3.56. The third-order valence-corrected chi connectivity index (χ3v) is 2.49. The minimum Gasteiger partial charge on any atom is -0.478 e. The maximum Gasteiger partial charge on any atom is 0.338 e. The summed E-state index contributed by atoms with van der Waals surface area (Å²) >= 11 is 0. The molecule has 96 valence electrons. The summed E-state index contributed by atoms with van der Waals surface area (Å²) in [7, 11) is 0. The zero-order valence-electron chi connectivity index (χ0n) is 9.76. The van der Waals surface area contributed by atoms with Crippen molar-refractivity contribution in [3.05, 3.63) is 65.5 Å². The maximum atomic E-state index is 13.4. The lowest BCUT2D eigenvalue weighted by Crippen LogP contribution is -2.12. The first-order valence-electron chi connectivity index (χ1n) is 5.47. The van der Waals surface area contributed by atoms with E-state index in [9.17, 15) is 14.0 Å². The van der Waals surface area contributed by atoms with E-state index in [2.05, 4.69) is 5.32 Å². The van der Waals surface area contributed by atoms with Gasteiger partial charge in [0.1, 0.15) is 5.82 Å². The Labute approximate surface area is 108 Å². The molecule has 0 fully saturated rings. The van der Waals surface area contributed by atoms with Crippen LogP contribution in [0.2, 0.25) is 0 Å². The van der Waals surface area contributed by atoms with E-state index in [-0.39, 0.29) is 11.6 Å². The summed E-state index contributed by atoms with van der Waals surface area (Å²) in [5, 5.41) is 11.2. The van der Waals surface area contributed by atoms with E-state index >= 15 is 0 Å². The average Bonchev–Trinajstić information content (AvgIpc) is 2.39. The van der Waals surface area contributed by atoms with Crippen molar-refractivity contribution >= 4 is 17.6 Å². The molecular weight excluding hydrogens is 249 g/mol. The van der Waals surface area contributed by atoms with Gasteiger partial charge in [0, 0.05) is 11.3 Å². The molecule has 0 saturated carbocycles. The molecule has 1 amide bonds. The van der Waals surface area contributed by atoms with E-state index in [1.807, 2.05) is 0 Å². The summed E-state index contributed by atoms with van der Waals surface area (Å²) in [6.45, 7) is 0. The first-order chi connectivity index (χ1) is 9.08. The lowest BCUT2D eigenvalue weighted by atomic mass is 10.1. The number of carbonyl (C=O) groups excluding carboxylic acids is 1. The zero-order valence-corrected chi connectivity index (χ0v) is 9.76. The standard InChI is InChI=1S/C14H10FNO3/c15-12-8-10(6-7-11(12)14(18)19)16-13(17)9-4-2-1-3-5-9/h1-8H,(H,16,17)(H,18,19). The molecule has 2 N–H and O–H groups in total. The third-order valence-electron chi connectivity index (χ3n) is 2.49. The molecule has 0 bridgehead atoms. The van der Waals surface area contributed by atoms with Gasteiger partial charge >= 0.3 is 5.97 Å². The van der Waals surface area contributed by atoms with E-state index in [4.69, 9.17) is 5.11 Å². The van der Waals surface area contributed by atoms with Gasteiger partial charge < -0.3 is 10.4 Å². The largest absolute Gasteiger partial charge is 0.478 e. The number of hydrogen-bond acceptors (Lipinski definition) is 2. The second-order valence-electron chi connectivity index (χ2n) is 3.82. The van der Waals surface area contributed by atoms with Gasteiger partial charge in [0.15, 0.2) is 0 Å². The van der Waals surface area contributed by atoms with Crippen LogP contribution in [0.1, 0.15) is 20.7 Å². The minimum absolute atomic E-state index is 0.205. The van der Waals surface area contributed by atoms with Crippen molar-refractivity contribution in [1.29, 1.82) is 0 Å². The molecule has 5 heteroatoms. The Balaban J connectivity index is 2.19. The van der Waals surface area contributed by atoms with Gasteiger partial charge in [-0.1, -0.05) is 18.2 Å². The monoisotopic (exact) mass is 259 g/mol.